The summed E-state index contributed by atoms with van der Waals surface area (Å²) in [6, 6.07) is 0. The van der Waals surface area contributed by atoms with Crippen molar-refractivity contribution >= 4 is 40.0 Å². The third kappa shape index (κ3) is 25.9. The molecule has 2 N–H and O–H groups in total. The molecule has 1 aliphatic heterocycles. The van der Waals surface area contributed by atoms with Gasteiger partial charge < -0.3 is 25.2 Å². The molecule has 1 unspecified atom stereocenters. The van der Waals surface area contributed by atoms with Crippen LogP contribution in [-0.2, 0) is 32.1 Å². The lowest BCUT2D eigenvalue weighted by Gasteiger charge is -2.27. The third-order valence-electron chi connectivity index (χ3n) is 12.0. The van der Waals surface area contributed by atoms with Gasteiger partial charge in [-0.1, -0.05) is 136 Å². The van der Waals surface area contributed by atoms with Crippen LogP contribution < -0.4 is 10.6 Å². The lowest BCUT2D eigenvalue weighted by atomic mass is 10.0. The van der Waals surface area contributed by atoms with Gasteiger partial charge >= 0.3 is 5.97 Å². The van der Waals surface area contributed by atoms with Crippen molar-refractivity contribution in [2.45, 2.75) is 232 Å². The van der Waals surface area contributed by atoms with E-state index in [0.29, 0.717) is 68.8 Å². The summed E-state index contributed by atoms with van der Waals surface area (Å²) in [5, 5.41) is 6.66. The maximum atomic E-state index is 13.6. The molecule has 1 atom stereocenters. The van der Waals surface area contributed by atoms with Gasteiger partial charge in [-0.05, 0) is 96.7 Å². The van der Waals surface area contributed by atoms with Crippen LogP contribution in [0.4, 0.5) is 5.00 Å². The topological polar surface area (TPSA) is 108 Å². The van der Waals surface area contributed by atoms with Crippen molar-refractivity contribution in [3.8, 4) is 0 Å². The molecule has 1 aliphatic rings. The van der Waals surface area contributed by atoms with Gasteiger partial charge in [-0.25, -0.2) is 0 Å². The van der Waals surface area contributed by atoms with Gasteiger partial charge in [0.05, 0.1) is 12.1 Å². The molecule has 0 spiro atoms. The van der Waals surface area contributed by atoms with E-state index in [-0.39, 0.29) is 36.2 Å². The van der Waals surface area contributed by atoms with Gasteiger partial charge in [-0.3, -0.25) is 19.2 Å². The first-order valence-electron chi connectivity index (χ1n) is 25.2. The average molecular weight is 871 g/mol. The molecule has 2 heterocycles. The van der Waals surface area contributed by atoms with Crippen molar-refractivity contribution in [3.05, 3.63) is 28.2 Å². The van der Waals surface area contributed by atoms with E-state index in [2.05, 4.69) is 43.6 Å². The van der Waals surface area contributed by atoms with Crippen LogP contribution in [0, 0.1) is 0 Å². The molecule has 0 aliphatic carbocycles. The normalized spacial score (nSPS) is 13.2. The van der Waals surface area contributed by atoms with Gasteiger partial charge in [0, 0.05) is 43.8 Å². The maximum Gasteiger partial charge on any atom is 0.306 e. The zero-order chi connectivity index (χ0) is 44.3. The van der Waals surface area contributed by atoms with E-state index in [1.165, 1.54) is 120 Å². The Balaban J connectivity index is 1.83. The first-order chi connectivity index (χ1) is 29.7. The van der Waals surface area contributed by atoms with Gasteiger partial charge in [0.25, 0.3) is 5.91 Å². The number of anilines is 1. The van der Waals surface area contributed by atoms with Crippen LogP contribution in [0.15, 0.2) is 12.2 Å². The van der Waals surface area contributed by atoms with E-state index >= 15 is 0 Å². The number of carbonyl (C=O) groups excluding carboxylic acids is 4. The predicted octanol–water partition coefficient (Wildman–Crippen LogP) is 13.1. The molecule has 61 heavy (non-hydrogen) atoms. The van der Waals surface area contributed by atoms with Crippen molar-refractivity contribution in [2.24, 2.45) is 0 Å². The van der Waals surface area contributed by atoms with Crippen molar-refractivity contribution in [1.29, 1.82) is 0 Å². The highest BCUT2D eigenvalue weighted by molar-refractivity contribution is 7.17. The number of amides is 3. The number of nitrogens with one attached hydrogen (secondary N) is 2. The Hall–Kier alpha value is -2.72. The third-order valence-corrected chi connectivity index (χ3v) is 13.1. The minimum atomic E-state index is -0.185. The molecule has 3 amide bonds. The monoisotopic (exact) mass is 871 g/mol. The van der Waals surface area contributed by atoms with Crippen molar-refractivity contribution in [1.82, 2.24) is 15.1 Å². The fourth-order valence-electron chi connectivity index (χ4n) is 8.13. The van der Waals surface area contributed by atoms with Crippen LogP contribution in [0.3, 0.4) is 0 Å². The SMILES string of the molecule is CCCCCCCC/C=C\CCCCCCCC(=O)N1CCc2c(sc(NC(=O)CCCCC(=O)OC(CCCCCC)CCCCCCCC)c2C(=O)NCCN(C)C)C1. The van der Waals surface area contributed by atoms with Crippen molar-refractivity contribution in [2.75, 3.05) is 39.0 Å². The summed E-state index contributed by atoms with van der Waals surface area (Å²) in [4.78, 5) is 57.9. The van der Waals surface area contributed by atoms with E-state index < -0.39 is 0 Å². The second-order valence-electron chi connectivity index (χ2n) is 17.9. The number of esters is 1. The quantitative estimate of drug-likeness (QED) is 0.0389. The number of likely N-dealkylation sites (N-methyl/N-ethyl adjacent to an activating group) is 1. The highest BCUT2D eigenvalue weighted by atomic mass is 32.1. The lowest BCUT2D eigenvalue weighted by molar-refractivity contribution is -0.150. The maximum absolute atomic E-state index is 13.6. The van der Waals surface area contributed by atoms with Gasteiger partial charge in [0.15, 0.2) is 0 Å². The standard InChI is InChI=1S/C51H90N4O5S/c1-6-9-12-15-17-18-19-20-21-22-23-24-25-27-30-36-47(57)55-40-38-44-45(42-55)61-51(49(44)50(59)52-39-41-54(4)5)53-46(56)35-31-32-37-48(58)60-43(33-28-14-11-8-3)34-29-26-16-13-10-7-2/h20-21,43H,6-19,22-42H2,1-5H3,(H,52,59)(H,53,56)/b21-20-. The van der Waals surface area contributed by atoms with E-state index in [4.69, 9.17) is 4.74 Å². The Morgan fingerprint density at radius 3 is 1.82 bits per heavy atom. The van der Waals surface area contributed by atoms with Crippen LogP contribution in [0.1, 0.15) is 234 Å². The zero-order valence-electron chi connectivity index (χ0n) is 39.8. The minimum Gasteiger partial charge on any atom is -0.462 e. The van der Waals surface area contributed by atoms with Crippen LogP contribution in [0.25, 0.3) is 0 Å². The summed E-state index contributed by atoms with van der Waals surface area (Å²) < 4.78 is 5.97. The Labute approximate surface area is 377 Å². The fraction of sp³-hybridized carbons (Fsp3) is 0.804. The number of ether oxygens (including phenoxy) is 1. The molecule has 0 saturated carbocycles. The summed E-state index contributed by atoms with van der Waals surface area (Å²) in [5.74, 6) is -0.340. The predicted molar refractivity (Wildman–Crippen MR) is 258 cm³/mol. The van der Waals surface area contributed by atoms with E-state index in [1.807, 2.05) is 23.9 Å². The molecule has 0 bridgehead atoms. The zero-order valence-corrected chi connectivity index (χ0v) is 40.6. The van der Waals surface area contributed by atoms with Crippen LogP contribution in [-0.4, -0.2) is 73.3 Å². The van der Waals surface area contributed by atoms with Gasteiger partial charge in [-0.2, -0.15) is 0 Å². The Bertz CT molecular complexity index is 1360. The molecule has 0 aromatic carbocycles. The van der Waals surface area contributed by atoms with E-state index in [0.717, 1.165) is 61.8 Å². The first kappa shape index (κ1) is 54.4. The number of rotatable bonds is 38. The summed E-state index contributed by atoms with van der Waals surface area (Å²) in [6.07, 6.45) is 37.4. The molecular weight excluding hydrogens is 781 g/mol. The number of nitrogens with zero attached hydrogens (tertiary/aromatic N) is 2. The van der Waals surface area contributed by atoms with Gasteiger partial charge in [0.2, 0.25) is 11.8 Å². The molecule has 9 nitrogen and oxygen atoms in total. The number of allylic oxidation sites excluding steroid dienone is 2. The minimum absolute atomic E-state index is 0.0100. The fourth-order valence-corrected chi connectivity index (χ4v) is 9.41. The average Bonchev–Trinajstić information content (AvgIpc) is 3.60. The molecule has 0 fully saturated rings. The number of hydrogen-bond acceptors (Lipinski definition) is 7. The van der Waals surface area contributed by atoms with Crippen LogP contribution in [0.5, 0.6) is 0 Å². The Kier molecular flexibility index (Phi) is 31.9. The molecule has 350 valence electrons. The smallest absolute Gasteiger partial charge is 0.306 e. The van der Waals surface area contributed by atoms with Crippen molar-refractivity contribution < 1.29 is 23.9 Å². The van der Waals surface area contributed by atoms with E-state index in [1.54, 1.807) is 0 Å². The van der Waals surface area contributed by atoms with Crippen LogP contribution >= 0.6 is 11.3 Å². The number of hydrogen-bond donors (Lipinski definition) is 2. The summed E-state index contributed by atoms with van der Waals surface area (Å²) in [7, 11) is 3.94. The molecule has 1 aromatic rings. The summed E-state index contributed by atoms with van der Waals surface area (Å²) in [6.45, 7) is 8.96. The number of thiophene rings is 1. The molecule has 0 saturated heterocycles. The summed E-state index contributed by atoms with van der Waals surface area (Å²) >= 11 is 1.42. The lowest BCUT2D eigenvalue weighted by Crippen LogP contribution is -2.36. The molecule has 10 heteroatoms. The van der Waals surface area contributed by atoms with Gasteiger partial charge in [-0.15, -0.1) is 11.3 Å². The molecule has 1 aromatic heterocycles. The number of carbonyl (C=O) groups is 4. The van der Waals surface area contributed by atoms with Gasteiger partial charge in [0.1, 0.15) is 11.1 Å². The largest absolute Gasteiger partial charge is 0.462 e. The second-order valence-corrected chi connectivity index (χ2v) is 19.0. The summed E-state index contributed by atoms with van der Waals surface area (Å²) in [5.41, 5.74) is 1.48. The van der Waals surface area contributed by atoms with Crippen molar-refractivity contribution in [3.63, 3.8) is 0 Å². The van der Waals surface area contributed by atoms with Crippen LogP contribution in [0.2, 0.25) is 0 Å². The highest BCUT2D eigenvalue weighted by Gasteiger charge is 2.30. The first-order valence-corrected chi connectivity index (χ1v) is 26.0. The highest BCUT2D eigenvalue weighted by Crippen LogP contribution is 2.37. The molecular formula is C51H90N4O5S. The number of unbranched alkanes of at least 4 members (excludes halogenated alkanes) is 20. The molecule has 2 rings (SSSR count). The molecule has 0 radical (unpaired) electrons. The Morgan fingerprint density at radius 1 is 0.689 bits per heavy atom. The van der Waals surface area contributed by atoms with E-state index in [9.17, 15) is 19.2 Å². The number of fused-ring (bicyclic) bond motifs is 1. The second kappa shape index (κ2) is 35.7. The Morgan fingerprint density at radius 2 is 1.21 bits per heavy atom.